The SMILES string of the molecule is COc1cc2c(cc1OC)C(=O)/C(=C\c1cccc(Cl)c1)C2. The van der Waals surface area contributed by atoms with Crippen molar-refractivity contribution >= 4 is 23.5 Å². The minimum absolute atomic E-state index is 0.0240. The molecule has 0 unspecified atom stereocenters. The molecule has 0 spiro atoms. The summed E-state index contributed by atoms with van der Waals surface area (Å²) in [6.45, 7) is 0. The maximum Gasteiger partial charge on any atom is 0.189 e. The minimum Gasteiger partial charge on any atom is -0.493 e. The number of hydrogen-bond donors (Lipinski definition) is 0. The Morgan fingerprint density at radius 2 is 1.82 bits per heavy atom. The Labute approximate surface area is 134 Å². The van der Waals surface area contributed by atoms with Crippen LogP contribution in [0.15, 0.2) is 42.0 Å². The zero-order valence-electron chi connectivity index (χ0n) is 12.4. The number of allylic oxidation sites excluding steroid dienone is 1. The molecule has 112 valence electrons. The third-order valence-corrected chi connectivity index (χ3v) is 3.95. The van der Waals surface area contributed by atoms with Gasteiger partial charge in [0.05, 0.1) is 14.2 Å². The second-order valence-electron chi connectivity index (χ2n) is 5.09. The number of hydrogen-bond acceptors (Lipinski definition) is 3. The molecule has 0 bridgehead atoms. The molecule has 2 aromatic carbocycles. The van der Waals surface area contributed by atoms with Crippen LogP contribution < -0.4 is 9.47 Å². The van der Waals surface area contributed by atoms with Crippen LogP contribution in [0.4, 0.5) is 0 Å². The van der Waals surface area contributed by atoms with Crippen molar-refractivity contribution in [1.29, 1.82) is 0 Å². The summed E-state index contributed by atoms with van der Waals surface area (Å²) in [5.41, 5.74) is 3.29. The van der Waals surface area contributed by atoms with E-state index in [1.807, 2.05) is 36.4 Å². The van der Waals surface area contributed by atoms with Crippen LogP contribution in [0, 0.1) is 0 Å². The molecule has 2 aromatic rings. The third-order valence-electron chi connectivity index (χ3n) is 3.72. The van der Waals surface area contributed by atoms with Crippen LogP contribution in [0.2, 0.25) is 5.02 Å². The minimum atomic E-state index is 0.0240. The second-order valence-corrected chi connectivity index (χ2v) is 5.53. The number of ether oxygens (including phenoxy) is 2. The molecule has 0 fully saturated rings. The van der Waals surface area contributed by atoms with Gasteiger partial charge < -0.3 is 9.47 Å². The van der Waals surface area contributed by atoms with E-state index in [0.29, 0.717) is 28.5 Å². The number of rotatable bonds is 3. The molecule has 0 heterocycles. The van der Waals surface area contributed by atoms with E-state index in [1.165, 1.54) is 0 Å². The number of carbonyl (C=O) groups excluding carboxylic acids is 1. The Morgan fingerprint density at radius 1 is 1.09 bits per heavy atom. The number of carbonyl (C=O) groups is 1. The fraction of sp³-hybridized carbons (Fsp3) is 0.167. The molecule has 3 rings (SSSR count). The number of methoxy groups -OCH3 is 2. The lowest BCUT2D eigenvalue weighted by molar-refractivity contribution is 0.104. The molecule has 0 aliphatic heterocycles. The fourth-order valence-electron chi connectivity index (χ4n) is 2.65. The van der Waals surface area contributed by atoms with Gasteiger partial charge in [-0.15, -0.1) is 0 Å². The maximum atomic E-state index is 12.6. The van der Waals surface area contributed by atoms with Crippen molar-refractivity contribution in [3.63, 3.8) is 0 Å². The summed E-state index contributed by atoms with van der Waals surface area (Å²) < 4.78 is 10.6. The van der Waals surface area contributed by atoms with Gasteiger partial charge >= 0.3 is 0 Å². The van der Waals surface area contributed by atoms with Crippen molar-refractivity contribution < 1.29 is 14.3 Å². The average Bonchev–Trinajstić information content (AvgIpc) is 2.81. The first-order valence-electron chi connectivity index (χ1n) is 6.88. The van der Waals surface area contributed by atoms with Crippen LogP contribution >= 0.6 is 11.6 Å². The standard InChI is InChI=1S/C18H15ClO3/c1-21-16-9-12-8-13(6-11-4-3-5-14(19)7-11)18(20)15(12)10-17(16)22-2/h3-7,9-10H,8H2,1-2H3/b13-6-. The van der Waals surface area contributed by atoms with E-state index in [4.69, 9.17) is 21.1 Å². The summed E-state index contributed by atoms with van der Waals surface area (Å²) in [6, 6.07) is 11.1. The van der Waals surface area contributed by atoms with E-state index < -0.39 is 0 Å². The van der Waals surface area contributed by atoms with Crippen LogP contribution in [0.25, 0.3) is 6.08 Å². The Morgan fingerprint density at radius 3 is 2.50 bits per heavy atom. The summed E-state index contributed by atoms with van der Waals surface area (Å²) in [4.78, 5) is 12.6. The van der Waals surface area contributed by atoms with Crippen LogP contribution in [-0.2, 0) is 6.42 Å². The molecule has 0 saturated heterocycles. The van der Waals surface area contributed by atoms with Gasteiger partial charge in [-0.25, -0.2) is 0 Å². The summed E-state index contributed by atoms with van der Waals surface area (Å²) in [6.07, 6.45) is 2.47. The number of fused-ring (bicyclic) bond motifs is 1. The van der Waals surface area contributed by atoms with E-state index in [2.05, 4.69) is 0 Å². The van der Waals surface area contributed by atoms with Gasteiger partial charge in [-0.1, -0.05) is 23.7 Å². The van der Waals surface area contributed by atoms with Crippen LogP contribution in [0.5, 0.6) is 11.5 Å². The van der Waals surface area contributed by atoms with E-state index in [0.717, 1.165) is 16.7 Å². The summed E-state index contributed by atoms with van der Waals surface area (Å²) >= 11 is 5.99. The van der Waals surface area contributed by atoms with Gasteiger partial charge in [0.2, 0.25) is 0 Å². The number of halogens is 1. The largest absolute Gasteiger partial charge is 0.493 e. The first kappa shape index (κ1) is 14.7. The lowest BCUT2D eigenvalue weighted by atomic mass is 10.1. The number of ketones is 1. The molecular weight excluding hydrogens is 300 g/mol. The van der Waals surface area contributed by atoms with Gasteiger partial charge in [-0.3, -0.25) is 4.79 Å². The molecule has 4 heteroatoms. The molecule has 0 aromatic heterocycles. The molecule has 0 amide bonds. The summed E-state index contributed by atoms with van der Waals surface area (Å²) in [5.74, 6) is 1.23. The zero-order valence-corrected chi connectivity index (χ0v) is 13.1. The Kier molecular flexibility index (Phi) is 3.90. The molecule has 0 radical (unpaired) electrons. The average molecular weight is 315 g/mol. The number of benzene rings is 2. The highest BCUT2D eigenvalue weighted by molar-refractivity contribution is 6.30. The fourth-order valence-corrected chi connectivity index (χ4v) is 2.85. The Bertz CT molecular complexity index is 778. The van der Waals surface area contributed by atoms with Crippen molar-refractivity contribution in [3.8, 4) is 11.5 Å². The first-order valence-corrected chi connectivity index (χ1v) is 7.26. The predicted molar refractivity (Wildman–Crippen MR) is 87.0 cm³/mol. The molecule has 3 nitrogen and oxygen atoms in total. The van der Waals surface area contributed by atoms with Crippen molar-refractivity contribution in [2.24, 2.45) is 0 Å². The highest BCUT2D eigenvalue weighted by Gasteiger charge is 2.27. The van der Waals surface area contributed by atoms with E-state index in [1.54, 1.807) is 20.3 Å². The maximum absolute atomic E-state index is 12.6. The lowest BCUT2D eigenvalue weighted by Crippen LogP contribution is -1.97. The van der Waals surface area contributed by atoms with Crippen LogP contribution in [0.1, 0.15) is 21.5 Å². The van der Waals surface area contributed by atoms with Gasteiger partial charge in [-0.05, 0) is 41.5 Å². The second kappa shape index (κ2) is 5.85. The molecule has 1 aliphatic carbocycles. The Hall–Kier alpha value is -2.26. The number of Topliss-reactive ketones (excluding diaryl/α,β-unsaturated/α-hetero) is 1. The van der Waals surface area contributed by atoms with Gasteiger partial charge in [-0.2, -0.15) is 0 Å². The van der Waals surface area contributed by atoms with Crippen molar-refractivity contribution in [3.05, 3.63) is 63.7 Å². The topological polar surface area (TPSA) is 35.5 Å². The molecule has 0 saturated carbocycles. The molecule has 0 N–H and O–H groups in total. The van der Waals surface area contributed by atoms with E-state index in [9.17, 15) is 4.79 Å². The normalized spacial score (nSPS) is 15.0. The lowest BCUT2D eigenvalue weighted by Gasteiger charge is -2.08. The van der Waals surface area contributed by atoms with Crippen LogP contribution in [-0.4, -0.2) is 20.0 Å². The molecule has 22 heavy (non-hydrogen) atoms. The summed E-state index contributed by atoms with van der Waals surface area (Å²) in [5, 5.41) is 0.653. The zero-order chi connectivity index (χ0) is 15.7. The molecule has 0 atom stereocenters. The first-order chi connectivity index (χ1) is 10.6. The highest BCUT2D eigenvalue weighted by atomic mass is 35.5. The van der Waals surface area contributed by atoms with Gasteiger partial charge in [0, 0.05) is 22.6 Å². The van der Waals surface area contributed by atoms with Gasteiger partial charge in [0.25, 0.3) is 0 Å². The Balaban J connectivity index is 2.00. The van der Waals surface area contributed by atoms with Gasteiger partial charge in [0.15, 0.2) is 17.3 Å². The monoisotopic (exact) mass is 314 g/mol. The predicted octanol–water partition coefficient (Wildman–Crippen LogP) is 4.18. The van der Waals surface area contributed by atoms with Crippen molar-refractivity contribution in [1.82, 2.24) is 0 Å². The highest BCUT2D eigenvalue weighted by Crippen LogP contribution is 2.37. The summed E-state index contributed by atoms with van der Waals surface area (Å²) in [7, 11) is 3.15. The van der Waals surface area contributed by atoms with Crippen molar-refractivity contribution in [2.45, 2.75) is 6.42 Å². The van der Waals surface area contributed by atoms with E-state index in [-0.39, 0.29) is 5.78 Å². The smallest absolute Gasteiger partial charge is 0.189 e. The van der Waals surface area contributed by atoms with Gasteiger partial charge in [0.1, 0.15) is 0 Å². The van der Waals surface area contributed by atoms with Crippen LogP contribution in [0.3, 0.4) is 0 Å². The van der Waals surface area contributed by atoms with E-state index >= 15 is 0 Å². The third kappa shape index (κ3) is 2.60. The molecule has 1 aliphatic rings. The van der Waals surface area contributed by atoms with Crippen molar-refractivity contribution in [2.75, 3.05) is 14.2 Å². The molecular formula is C18H15ClO3. The quantitative estimate of drug-likeness (QED) is 0.797.